The molecule has 2 rings (SSSR count). The van der Waals surface area contributed by atoms with Crippen LogP contribution in [0.1, 0.15) is 35.3 Å². The molecule has 1 aliphatic carbocycles. The third kappa shape index (κ3) is 1.84. The maximum absolute atomic E-state index is 10.8. The summed E-state index contributed by atoms with van der Waals surface area (Å²) in [7, 11) is 0. The van der Waals surface area contributed by atoms with Crippen LogP contribution in [0.15, 0.2) is 6.20 Å². The van der Waals surface area contributed by atoms with E-state index in [1.807, 2.05) is 0 Å². The Bertz CT molecular complexity index is 426. The van der Waals surface area contributed by atoms with Gasteiger partial charge in [0.15, 0.2) is 5.69 Å². The normalized spacial score (nSPS) is 15.7. The summed E-state index contributed by atoms with van der Waals surface area (Å²) in [6.45, 7) is 0.724. The molecule has 0 spiro atoms. The van der Waals surface area contributed by atoms with Gasteiger partial charge in [0.2, 0.25) is 0 Å². The molecule has 78 valence electrons. The minimum atomic E-state index is -1.09. The van der Waals surface area contributed by atoms with E-state index in [1.165, 1.54) is 25.5 Å². The Kier molecular flexibility index (Phi) is 2.42. The number of nitriles is 1. The Labute approximate surface area is 86.9 Å². The third-order valence-electron chi connectivity index (χ3n) is 2.77. The molecule has 5 nitrogen and oxygen atoms in total. The standard InChI is InChI=1S/C10H11N3O2/c11-4-9-8(10(14)15)6-13(12-9)5-7-2-1-3-7/h6-7H,1-3,5H2,(H,14,15). The smallest absolute Gasteiger partial charge is 0.340 e. The van der Waals surface area contributed by atoms with Crippen molar-refractivity contribution in [3.05, 3.63) is 17.5 Å². The highest BCUT2D eigenvalue weighted by Crippen LogP contribution is 2.27. The molecular weight excluding hydrogens is 194 g/mol. The molecule has 0 atom stereocenters. The van der Waals surface area contributed by atoms with E-state index in [-0.39, 0.29) is 11.3 Å². The van der Waals surface area contributed by atoms with Crippen LogP contribution in [0.5, 0.6) is 0 Å². The van der Waals surface area contributed by atoms with Gasteiger partial charge < -0.3 is 5.11 Å². The van der Waals surface area contributed by atoms with Crippen molar-refractivity contribution < 1.29 is 9.90 Å². The van der Waals surface area contributed by atoms with Gasteiger partial charge in [-0.15, -0.1) is 0 Å². The van der Waals surface area contributed by atoms with E-state index in [1.54, 1.807) is 10.8 Å². The van der Waals surface area contributed by atoms with Crippen LogP contribution in [0.25, 0.3) is 0 Å². The summed E-state index contributed by atoms with van der Waals surface area (Å²) in [4.78, 5) is 10.8. The number of rotatable bonds is 3. The molecule has 1 heterocycles. The molecule has 0 saturated heterocycles. The molecular formula is C10H11N3O2. The molecule has 0 bridgehead atoms. The van der Waals surface area contributed by atoms with E-state index in [4.69, 9.17) is 10.4 Å². The van der Waals surface area contributed by atoms with Crippen molar-refractivity contribution in [3.8, 4) is 6.07 Å². The van der Waals surface area contributed by atoms with Crippen LogP contribution in [-0.4, -0.2) is 20.9 Å². The van der Waals surface area contributed by atoms with Crippen molar-refractivity contribution in [2.75, 3.05) is 0 Å². The van der Waals surface area contributed by atoms with Crippen molar-refractivity contribution in [3.63, 3.8) is 0 Å². The van der Waals surface area contributed by atoms with Crippen LogP contribution in [0, 0.1) is 17.2 Å². The molecule has 15 heavy (non-hydrogen) atoms. The van der Waals surface area contributed by atoms with Gasteiger partial charge >= 0.3 is 5.97 Å². The van der Waals surface area contributed by atoms with Crippen LogP contribution in [0.3, 0.4) is 0 Å². The van der Waals surface area contributed by atoms with Gasteiger partial charge in [-0.2, -0.15) is 10.4 Å². The summed E-state index contributed by atoms with van der Waals surface area (Å²) in [6.07, 6.45) is 5.02. The number of hydrogen-bond donors (Lipinski definition) is 1. The fraction of sp³-hybridized carbons (Fsp3) is 0.500. The summed E-state index contributed by atoms with van der Waals surface area (Å²) >= 11 is 0. The largest absolute Gasteiger partial charge is 0.478 e. The Morgan fingerprint density at radius 2 is 2.47 bits per heavy atom. The van der Waals surface area contributed by atoms with Gasteiger partial charge in [-0.1, -0.05) is 6.42 Å². The van der Waals surface area contributed by atoms with Crippen molar-refractivity contribution in [1.29, 1.82) is 5.26 Å². The monoisotopic (exact) mass is 205 g/mol. The zero-order chi connectivity index (χ0) is 10.8. The number of hydrogen-bond acceptors (Lipinski definition) is 3. The minimum Gasteiger partial charge on any atom is -0.478 e. The van der Waals surface area contributed by atoms with Gasteiger partial charge in [0.1, 0.15) is 11.6 Å². The molecule has 1 aromatic heterocycles. The molecule has 0 radical (unpaired) electrons. The van der Waals surface area contributed by atoms with E-state index in [0.29, 0.717) is 5.92 Å². The topological polar surface area (TPSA) is 78.9 Å². The van der Waals surface area contributed by atoms with E-state index >= 15 is 0 Å². The van der Waals surface area contributed by atoms with Gasteiger partial charge in [-0.25, -0.2) is 4.79 Å². The number of carboxylic acid groups (broad SMARTS) is 1. The summed E-state index contributed by atoms with van der Waals surface area (Å²) in [5, 5.41) is 21.5. The summed E-state index contributed by atoms with van der Waals surface area (Å²) in [6, 6.07) is 1.79. The Balaban J connectivity index is 2.18. The first kappa shape index (κ1) is 9.71. The Morgan fingerprint density at radius 3 is 2.87 bits per heavy atom. The van der Waals surface area contributed by atoms with Gasteiger partial charge in [0.25, 0.3) is 0 Å². The second kappa shape index (κ2) is 3.73. The average molecular weight is 205 g/mol. The van der Waals surface area contributed by atoms with E-state index in [9.17, 15) is 4.79 Å². The lowest BCUT2D eigenvalue weighted by Gasteiger charge is -2.24. The fourth-order valence-corrected chi connectivity index (χ4v) is 1.69. The Morgan fingerprint density at radius 1 is 1.73 bits per heavy atom. The van der Waals surface area contributed by atoms with Gasteiger partial charge in [0.05, 0.1) is 0 Å². The Hall–Kier alpha value is -1.83. The molecule has 5 heteroatoms. The molecule has 0 aliphatic heterocycles. The lowest BCUT2D eigenvalue weighted by Crippen LogP contribution is -2.18. The fourth-order valence-electron chi connectivity index (χ4n) is 1.69. The molecule has 0 amide bonds. The highest BCUT2D eigenvalue weighted by molar-refractivity contribution is 5.89. The summed E-state index contributed by atoms with van der Waals surface area (Å²) < 4.78 is 1.58. The third-order valence-corrected chi connectivity index (χ3v) is 2.77. The number of carbonyl (C=O) groups is 1. The first-order valence-electron chi connectivity index (χ1n) is 4.91. The first-order chi connectivity index (χ1) is 7.20. The van der Waals surface area contributed by atoms with E-state index < -0.39 is 5.97 Å². The van der Waals surface area contributed by atoms with Gasteiger partial charge in [0, 0.05) is 12.7 Å². The van der Waals surface area contributed by atoms with Crippen LogP contribution in [0.2, 0.25) is 0 Å². The molecule has 1 N–H and O–H groups in total. The van der Waals surface area contributed by atoms with Crippen molar-refractivity contribution >= 4 is 5.97 Å². The summed E-state index contributed by atoms with van der Waals surface area (Å²) in [5.41, 5.74) is -0.00125. The van der Waals surface area contributed by atoms with Crippen LogP contribution < -0.4 is 0 Å². The maximum Gasteiger partial charge on any atom is 0.340 e. The zero-order valence-electron chi connectivity index (χ0n) is 8.18. The zero-order valence-corrected chi connectivity index (χ0v) is 8.18. The number of carboxylic acids is 1. The van der Waals surface area contributed by atoms with Crippen molar-refractivity contribution in [1.82, 2.24) is 9.78 Å². The second-order valence-corrected chi connectivity index (χ2v) is 3.83. The molecule has 1 saturated carbocycles. The predicted molar refractivity (Wildman–Crippen MR) is 51.2 cm³/mol. The van der Waals surface area contributed by atoms with Gasteiger partial charge in [-0.05, 0) is 18.8 Å². The molecule has 1 aliphatic rings. The molecule has 0 aromatic carbocycles. The quantitative estimate of drug-likeness (QED) is 0.805. The van der Waals surface area contributed by atoms with Crippen LogP contribution >= 0.6 is 0 Å². The summed E-state index contributed by atoms with van der Waals surface area (Å²) in [5.74, 6) is -0.496. The predicted octanol–water partition coefficient (Wildman–Crippen LogP) is 1.25. The number of aromatic carboxylic acids is 1. The highest BCUT2D eigenvalue weighted by atomic mass is 16.4. The van der Waals surface area contributed by atoms with Crippen molar-refractivity contribution in [2.45, 2.75) is 25.8 Å². The average Bonchev–Trinajstić information content (AvgIpc) is 2.54. The van der Waals surface area contributed by atoms with Crippen LogP contribution in [-0.2, 0) is 6.54 Å². The van der Waals surface area contributed by atoms with Crippen LogP contribution in [0.4, 0.5) is 0 Å². The van der Waals surface area contributed by atoms with E-state index in [2.05, 4.69) is 5.10 Å². The SMILES string of the molecule is N#Cc1nn(CC2CCC2)cc1C(=O)O. The first-order valence-corrected chi connectivity index (χ1v) is 4.91. The lowest BCUT2D eigenvalue weighted by atomic mass is 9.85. The second-order valence-electron chi connectivity index (χ2n) is 3.83. The number of nitrogens with zero attached hydrogens (tertiary/aromatic N) is 3. The molecule has 1 fully saturated rings. The lowest BCUT2D eigenvalue weighted by molar-refractivity contribution is 0.0696. The van der Waals surface area contributed by atoms with Crippen molar-refractivity contribution in [2.24, 2.45) is 5.92 Å². The molecule has 1 aromatic rings. The maximum atomic E-state index is 10.8. The highest BCUT2D eigenvalue weighted by Gasteiger charge is 2.20. The number of aromatic nitrogens is 2. The molecule has 0 unspecified atom stereocenters. The minimum absolute atomic E-state index is 0.00169. The van der Waals surface area contributed by atoms with E-state index in [0.717, 1.165) is 6.54 Å². The van der Waals surface area contributed by atoms with Gasteiger partial charge in [-0.3, -0.25) is 4.68 Å².